The molecule has 1 aromatic heterocycles. The Bertz CT molecular complexity index is 436. The molecule has 0 radical (unpaired) electrons. The molecule has 0 unspecified atom stereocenters. The molecule has 0 atom stereocenters. The molecule has 1 aliphatic carbocycles. The lowest BCUT2D eigenvalue weighted by Crippen LogP contribution is -2.35. The number of anilines is 1. The topological polar surface area (TPSA) is 53.4 Å². The maximum atomic E-state index is 10.9. The van der Waals surface area contributed by atoms with E-state index in [1.165, 1.54) is 31.9 Å². The van der Waals surface area contributed by atoms with Gasteiger partial charge in [0, 0.05) is 18.8 Å². The molecule has 4 nitrogen and oxygen atoms in total. The molecule has 20 heavy (non-hydrogen) atoms. The standard InChI is InChI=1S/C16H24N2O2/c1-12(2)9-10-18(14-5-3-4-6-14)15-8-7-13(11-17-15)16(19)20/h7-8,11-12,14H,3-6,9-10H2,1-2H3,(H,19,20). The van der Waals surface area contributed by atoms with E-state index in [-0.39, 0.29) is 5.56 Å². The number of hydrogen-bond donors (Lipinski definition) is 1. The first-order valence-electron chi connectivity index (χ1n) is 7.54. The highest BCUT2D eigenvalue weighted by atomic mass is 16.4. The van der Waals surface area contributed by atoms with E-state index in [4.69, 9.17) is 5.11 Å². The van der Waals surface area contributed by atoms with Crippen molar-refractivity contribution >= 4 is 11.8 Å². The summed E-state index contributed by atoms with van der Waals surface area (Å²) in [7, 11) is 0. The zero-order chi connectivity index (χ0) is 14.5. The van der Waals surface area contributed by atoms with Crippen molar-refractivity contribution in [2.75, 3.05) is 11.4 Å². The predicted octanol–water partition coefficient (Wildman–Crippen LogP) is 3.57. The Balaban J connectivity index is 2.13. The number of carboxylic acid groups (broad SMARTS) is 1. The van der Waals surface area contributed by atoms with Crippen LogP contribution in [-0.4, -0.2) is 28.6 Å². The third kappa shape index (κ3) is 3.71. The predicted molar refractivity (Wildman–Crippen MR) is 80.3 cm³/mol. The molecule has 2 rings (SSSR count). The molecule has 110 valence electrons. The van der Waals surface area contributed by atoms with Crippen LogP contribution in [0.1, 0.15) is 56.3 Å². The van der Waals surface area contributed by atoms with E-state index in [9.17, 15) is 4.79 Å². The summed E-state index contributed by atoms with van der Waals surface area (Å²) in [5.74, 6) is 0.665. The summed E-state index contributed by atoms with van der Waals surface area (Å²) < 4.78 is 0. The Morgan fingerprint density at radius 2 is 2.10 bits per heavy atom. The van der Waals surface area contributed by atoms with E-state index in [1.807, 2.05) is 6.07 Å². The second kappa shape index (κ2) is 6.73. The van der Waals surface area contributed by atoms with Crippen LogP contribution in [0.25, 0.3) is 0 Å². The van der Waals surface area contributed by atoms with Crippen LogP contribution in [0.3, 0.4) is 0 Å². The van der Waals surface area contributed by atoms with Gasteiger partial charge in [0.15, 0.2) is 0 Å². The molecule has 1 heterocycles. The number of aromatic carboxylic acids is 1. The quantitative estimate of drug-likeness (QED) is 0.863. The Kier molecular flexibility index (Phi) is 4.99. The zero-order valence-corrected chi connectivity index (χ0v) is 12.4. The summed E-state index contributed by atoms with van der Waals surface area (Å²) in [6.45, 7) is 5.46. The van der Waals surface area contributed by atoms with Gasteiger partial charge in [-0.2, -0.15) is 0 Å². The maximum absolute atomic E-state index is 10.9. The monoisotopic (exact) mass is 276 g/mol. The highest BCUT2D eigenvalue weighted by Gasteiger charge is 2.23. The smallest absolute Gasteiger partial charge is 0.337 e. The minimum atomic E-state index is -0.918. The molecule has 4 heteroatoms. The highest BCUT2D eigenvalue weighted by Crippen LogP contribution is 2.27. The number of hydrogen-bond acceptors (Lipinski definition) is 3. The molecular formula is C16H24N2O2. The largest absolute Gasteiger partial charge is 0.478 e. The minimum absolute atomic E-state index is 0.254. The van der Waals surface area contributed by atoms with Crippen molar-refractivity contribution in [3.63, 3.8) is 0 Å². The molecular weight excluding hydrogens is 252 g/mol. The van der Waals surface area contributed by atoms with Crippen LogP contribution >= 0.6 is 0 Å². The Hall–Kier alpha value is -1.58. The van der Waals surface area contributed by atoms with Crippen molar-refractivity contribution in [2.45, 2.75) is 52.0 Å². The Morgan fingerprint density at radius 3 is 2.60 bits per heavy atom. The van der Waals surface area contributed by atoms with Crippen molar-refractivity contribution in [1.29, 1.82) is 0 Å². The first-order chi connectivity index (χ1) is 9.58. The summed E-state index contributed by atoms with van der Waals surface area (Å²) in [6, 6.07) is 4.07. The van der Waals surface area contributed by atoms with Gasteiger partial charge in [-0.25, -0.2) is 9.78 Å². The van der Waals surface area contributed by atoms with Crippen molar-refractivity contribution in [2.24, 2.45) is 5.92 Å². The summed E-state index contributed by atoms with van der Waals surface area (Å²) in [5.41, 5.74) is 0.254. The molecule has 0 spiro atoms. The van der Waals surface area contributed by atoms with E-state index in [0.717, 1.165) is 18.8 Å². The molecule has 0 bridgehead atoms. The molecule has 1 fully saturated rings. The number of carbonyl (C=O) groups is 1. The molecule has 1 aromatic rings. The fourth-order valence-corrected chi connectivity index (χ4v) is 2.78. The normalized spacial score (nSPS) is 15.8. The van der Waals surface area contributed by atoms with Gasteiger partial charge in [-0.1, -0.05) is 26.7 Å². The molecule has 0 saturated heterocycles. The maximum Gasteiger partial charge on any atom is 0.337 e. The fraction of sp³-hybridized carbons (Fsp3) is 0.625. The highest BCUT2D eigenvalue weighted by molar-refractivity contribution is 5.87. The van der Waals surface area contributed by atoms with E-state index >= 15 is 0 Å². The van der Waals surface area contributed by atoms with Gasteiger partial charge in [0.1, 0.15) is 5.82 Å². The third-order valence-electron chi connectivity index (χ3n) is 4.00. The van der Waals surface area contributed by atoms with Gasteiger partial charge in [0.25, 0.3) is 0 Å². The van der Waals surface area contributed by atoms with Crippen LogP contribution in [0.4, 0.5) is 5.82 Å². The van der Waals surface area contributed by atoms with Gasteiger partial charge in [0.2, 0.25) is 0 Å². The molecule has 0 aromatic carbocycles. The van der Waals surface area contributed by atoms with Gasteiger partial charge in [-0.05, 0) is 37.3 Å². The molecule has 0 aliphatic heterocycles. The number of carboxylic acids is 1. The van der Waals surface area contributed by atoms with Crippen LogP contribution in [-0.2, 0) is 0 Å². The van der Waals surface area contributed by atoms with Crippen molar-refractivity contribution in [1.82, 2.24) is 4.98 Å². The van der Waals surface area contributed by atoms with E-state index in [0.29, 0.717) is 12.0 Å². The number of rotatable bonds is 6. The van der Waals surface area contributed by atoms with Crippen LogP contribution < -0.4 is 4.90 Å². The van der Waals surface area contributed by atoms with Crippen LogP contribution in [0.15, 0.2) is 18.3 Å². The van der Waals surface area contributed by atoms with Crippen LogP contribution in [0.5, 0.6) is 0 Å². The van der Waals surface area contributed by atoms with E-state index < -0.39 is 5.97 Å². The first-order valence-corrected chi connectivity index (χ1v) is 7.54. The third-order valence-corrected chi connectivity index (χ3v) is 4.00. The van der Waals surface area contributed by atoms with Gasteiger partial charge >= 0.3 is 5.97 Å². The summed E-state index contributed by atoms with van der Waals surface area (Å²) in [6.07, 6.45) is 7.63. The van der Waals surface area contributed by atoms with Crippen molar-refractivity contribution in [3.05, 3.63) is 23.9 Å². The van der Waals surface area contributed by atoms with Crippen LogP contribution in [0, 0.1) is 5.92 Å². The minimum Gasteiger partial charge on any atom is -0.478 e. The van der Waals surface area contributed by atoms with Crippen LogP contribution in [0.2, 0.25) is 0 Å². The summed E-state index contributed by atoms with van der Waals surface area (Å²) >= 11 is 0. The number of aromatic nitrogens is 1. The van der Waals surface area contributed by atoms with E-state index in [2.05, 4.69) is 23.7 Å². The van der Waals surface area contributed by atoms with Gasteiger partial charge < -0.3 is 10.0 Å². The number of nitrogens with zero attached hydrogens (tertiary/aromatic N) is 2. The lowest BCUT2D eigenvalue weighted by atomic mass is 10.1. The SMILES string of the molecule is CC(C)CCN(c1ccc(C(=O)O)cn1)C1CCCC1. The van der Waals surface area contributed by atoms with Crippen molar-refractivity contribution < 1.29 is 9.90 Å². The summed E-state index contributed by atoms with van der Waals surface area (Å²) in [5, 5.41) is 8.95. The Labute approximate surface area is 120 Å². The first kappa shape index (κ1) is 14.8. The van der Waals surface area contributed by atoms with Gasteiger partial charge in [0.05, 0.1) is 5.56 Å². The molecule has 1 aliphatic rings. The summed E-state index contributed by atoms with van der Waals surface area (Å²) in [4.78, 5) is 17.6. The second-order valence-electron chi connectivity index (χ2n) is 6.02. The lowest BCUT2D eigenvalue weighted by Gasteiger charge is -2.30. The lowest BCUT2D eigenvalue weighted by molar-refractivity contribution is 0.0696. The van der Waals surface area contributed by atoms with Gasteiger partial charge in [-0.15, -0.1) is 0 Å². The van der Waals surface area contributed by atoms with E-state index in [1.54, 1.807) is 6.07 Å². The molecule has 1 saturated carbocycles. The Morgan fingerprint density at radius 1 is 1.40 bits per heavy atom. The zero-order valence-electron chi connectivity index (χ0n) is 12.4. The average Bonchev–Trinajstić information content (AvgIpc) is 2.93. The number of pyridine rings is 1. The van der Waals surface area contributed by atoms with Gasteiger partial charge in [-0.3, -0.25) is 0 Å². The van der Waals surface area contributed by atoms with Crippen molar-refractivity contribution in [3.8, 4) is 0 Å². The second-order valence-corrected chi connectivity index (χ2v) is 6.02. The average molecular weight is 276 g/mol. The molecule has 0 amide bonds. The fourth-order valence-electron chi connectivity index (χ4n) is 2.78. The molecule has 1 N–H and O–H groups in total.